The fourth-order valence-corrected chi connectivity index (χ4v) is 1.92. The topological polar surface area (TPSA) is 17.1 Å². The maximum atomic E-state index is 12.6. The molecule has 0 N–H and O–H groups in total. The van der Waals surface area contributed by atoms with E-state index in [0.717, 1.165) is 10.6 Å². The molecule has 0 aliphatic heterocycles. The lowest BCUT2D eigenvalue weighted by Crippen LogP contribution is -2.20. The van der Waals surface area contributed by atoms with Gasteiger partial charge in [0, 0.05) is 10.5 Å². The van der Waals surface area contributed by atoms with E-state index < -0.39 is 10.6 Å². The van der Waals surface area contributed by atoms with Gasteiger partial charge < -0.3 is 0 Å². The van der Waals surface area contributed by atoms with Gasteiger partial charge in [0.25, 0.3) is 0 Å². The summed E-state index contributed by atoms with van der Waals surface area (Å²) in [5, 5.41) is 0. The molecule has 0 amide bonds. The highest BCUT2D eigenvalue weighted by Gasteiger charge is 2.35. The smallest absolute Gasteiger partial charge is 0.286 e. The first-order valence-corrected chi connectivity index (χ1v) is 6.07. The van der Waals surface area contributed by atoms with Crippen LogP contribution in [0.4, 0.5) is 8.78 Å². The van der Waals surface area contributed by atoms with Crippen molar-refractivity contribution >= 4 is 33.5 Å². The minimum atomic E-state index is -3.48. The molecule has 0 radical (unpaired) electrons. The fraction of sp³-hybridized carbons (Fsp3) is 0.300. The van der Waals surface area contributed by atoms with Gasteiger partial charge in [-0.3, -0.25) is 4.79 Å². The number of rotatable bonds is 4. The van der Waals surface area contributed by atoms with Crippen molar-refractivity contribution in [1.82, 2.24) is 0 Å². The fourth-order valence-electron chi connectivity index (χ4n) is 1.03. The molecule has 0 fully saturated rings. The van der Waals surface area contributed by atoms with Crippen molar-refractivity contribution < 1.29 is 13.6 Å². The van der Waals surface area contributed by atoms with E-state index in [1.54, 1.807) is 23.9 Å². The molecule has 0 bridgehead atoms. The summed E-state index contributed by atoms with van der Waals surface area (Å²) in [6.45, 7) is 2.00. The normalized spacial score (nSPS) is 11.5. The van der Waals surface area contributed by atoms with E-state index in [-0.39, 0.29) is 5.56 Å². The van der Waals surface area contributed by atoms with Gasteiger partial charge in [-0.05, 0) is 33.8 Å². The lowest BCUT2D eigenvalue weighted by molar-refractivity contribution is 0.0592. The zero-order valence-electron chi connectivity index (χ0n) is 7.97. The molecule has 15 heavy (non-hydrogen) atoms. The van der Waals surface area contributed by atoms with Crippen LogP contribution >= 0.6 is 27.7 Å². The minimum Gasteiger partial charge on any atom is -0.286 e. The summed E-state index contributed by atoms with van der Waals surface area (Å²) in [5.74, 6) is -0.308. The number of carbonyl (C=O) groups is 1. The van der Waals surface area contributed by atoms with Crippen LogP contribution in [0.1, 0.15) is 17.3 Å². The van der Waals surface area contributed by atoms with E-state index in [1.165, 1.54) is 12.1 Å². The van der Waals surface area contributed by atoms with Crippen LogP contribution in [0.25, 0.3) is 0 Å². The van der Waals surface area contributed by atoms with Gasteiger partial charge in [0.1, 0.15) is 0 Å². The molecule has 0 aliphatic rings. The number of ketones is 1. The number of thioether (sulfide) groups is 1. The van der Waals surface area contributed by atoms with Gasteiger partial charge in [-0.2, -0.15) is 8.78 Å². The number of alkyl halides is 3. The summed E-state index contributed by atoms with van der Waals surface area (Å²) < 4.78 is 25.2. The predicted octanol–water partition coefficient (Wildman–Crippen LogP) is 3.97. The number of halogens is 3. The second-order valence-corrected chi connectivity index (χ2v) is 5.12. The maximum absolute atomic E-state index is 12.6. The molecule has 1 aromatic carbocycles. The number of carbonyl (C=O) groups excluding carboxylic acids is 1. The van der Waals surface area contributed by atoms with E-state index >= 15 is 0 Å². The lowest BCUT2D eigenvalue weighted by atomic mass is 10.1. The molecule has 0 spiro atoms. The van der Waals surface area contributed by atoms with Crippen molar-refractivity contribution in [3.8, 4) is 0 Å². The van der Waals surface area contributed by atoms with Gasteiger partial charge in [-0.25, -0.2) is 0 Å². The number of benzene rings is 1. The van der Waals surface area contributed by atoms with Crippen molar-refractivity contribution in [2.24, 2.45) is 0 Å². The van der Waals surface area contributed by atoms with E-state index in [4.69, 9.17) is 0 Å². The molecule has 0 unspecified atom stereocenters. The average Bonchev–Trinajstić information content (AvgIpc) is 2.17. The van der Waals surface area contributed by atoms with Gasteiger partial charge in [0.15, 0.2) is 0 Å². The summed E-state index contributed by atoms with van der Waals surface area (Å²) >= 11 is 3.63. The molecule has 0 heterocycles. The summed E-state index contributed by atoms with van der Waals surface area (Å²) in [5.41, 5.74) is 0.0114. The predicted molar refractivity (Wildman–Crippen MR) is 61.0 cm³/mol. The Morgan fingerprint density at radius 1 is 1.40 bits per heavy atom. The molecule has 1 rings (SSSR count). The monoisotopic (exact) mass is 294 g/mol. The zero-order chi connectivity index (χ0) is 11.5. The molecule has 5 heteroatoms. The highest BCUT2D eigenvalue weighted by molar-refractivity contribution is 9.10. The third-order valence-corrected chi connectivity index (χ3v) is 2.94. The van der Waals surface area contributed by atoms with Crippen LogP contribution in [0, 0.1) is 0 Å². The van der Waals surface area contributed by atoms with Crippen molar-refractivity contribution in [3.63, 3.8) is 0 Å². The molecule has 1 aromatic rings. The van der Waals surface area contributed by atoms with Crippen LogP contribution < -0.4 is 0 Å². The molecule has 82 valence electrons. The quantitative estimate of drug-likeness (QED) is 0.475. The van der Waals surface area contributed by atoms with Crippen LogP contribution in [0.2, 0.25) is 0 Å². The summed E-state index contributed by atoms with van der Waals surface area (Å²) in [6, 6.07) is 6.16. The molecule has 0 saturated heterocycles. The largest absolute Gasteiger partial charge is 0.363 e. The third kappa shape index (κ3) is 3.57. The lowest BCUT2D eigenvalue weighted by Gasteiger charge is -2.07. The Kier molecular flexibility index (Phi) is 4.28. The Bertz CT molecular complexity index is 345. The van der Waals surface area contributed by atoms with Crippen molar-refractivity contribution in [2.45, 2.75) is 16.7 Å². The van der Waals surface area contributed by atoms with Crippen molar-refractivity contribution in [3.05, 3.63) is 29.8 Å². The van der Waals surface area contributed by atoms with E-state index in [0.29, 0.717) is 0 Å². The SMILES string of the molecule is CCSc1ccc(C(=O)C(F)(F)Br)cc1. The maximum Gasteiger partial charge on any atom is 0.363 e. The van der Waals surface area contributed by atoms with Crippen molar-refractivity contribution in [1.29, 1.82) is 0 Å². The first-order chi connectivity index (χ1) is 6.95. The molecule has 1 nitrogen and oxygen atoms in total. The molecule has 0 saturated carbocycles. The van der Waals surface area contributed by atoms with Gasteiger partial charge in [0.05, 0.1) is 0 Å². The highest BCUT2D eigenvalue weighted by Crippen LogP contribution is 2.27. The second-order valence-electron chi connectivity index (χ2n) is 2.78. The summed E-state index contributed by atoms with van der Waals surface area (Å²) in [4.78, 5) is 8.62. The number of hydrogen-bond donors (Lipinski definition) is 0. The average molecular weight is 295 g/mol. The van der Waals surface area contributed by atoms with Crippen molar-refractivity contribution in [2.75, 3.05) is 5.75 Å². The minimum absolute atomic E-state index is 0.0114. The zero-order valence-corrected chi connectivity index (χ0v) is 10.4. The molecule has 0 aliphatic carbocycles. The Morgan fingerprint density at radius 2 is 1.93 bits per heavy atom. The molecule has 0 atom stereocenters. The van der Waals surface area contributed by atoms with Gasteiger partial charge in [-0.1, -0.05) is 19.1 Å². The Labute approximate surface area is 99.4 Å². The first-order valence-electron chi connectivity index (χ1n) is 4.29. The highest BCUT2D eigenvalue weighted by atomic mass is 79.9. The third-order valence-electron chi connectivity index (χ3n) is 1.68. The van der Waals surface area contributed by atoms with Gasteiger partial charge >= 0.3 is 4.83 Å². The Balaban J connectivity index is 2.85. The Morgan fingerprint density at radius 3 is 2.33 bits per heavy atom. The standard InChI is InChI=1S/C10H9BrF2OS/c1-2-15-8-5-3-7(4-6-8)9(14)10(11,12)13/h3-6H,2H2,1H3. The van der Waals surface area contributed by atoms with E-state index in [1.807, 2.05) is 22.9 Å². The van der Waals surface area contributed by atoms with Crippen LogP contribution in [0.5, 0.6) is 0 Å². The van der Waals surface area contributed by atoms with Crippen LogP contribution in [0.15, 0.2) is 29.2 Å². The summed E-state index contributed by atoms with van der Waals surface area (Å²) in [7, 11) is 0. The van der Waals surface area contributed by atoms with E-state index in [9.17, 15) is 13.6 Å². The number of Topliss-reactive ketones (excluding diaryl/α,β-unsaturated/α-hetero) is 1. The van der Waals surface area contributed by atoms with Crippen LogP contribution in [-0.4, -0.2) is 16.4 Å². The summed E-state index contributed by atoms with van der Waals surface area (Å²) in [6.07, 6.45) is 0. The second kappa shape index (κ2) is 5.07. The van der Waals surface area contributed by atoms with Gasteiger partial charge in [0.2, 0.25) is 5.78 Å². The molecular formula is C10H9BrF2OS. The van der Waals surface area contributed by atoms with Crippen LogP contribution in [-0.2, 0) is 0 Å². The van der Waals surface area contributed by atoms with Gasteiger partial charge in [-0.15, -0.1) is 11.8 Å². The Hall–Kier alpha value is -0.420. The van der Waals surface area contributed by atoms with Crippen LogP contribution in [0.3, 0.4) is 0 Å². The first kappa shape index (κ1) is 12.6. The van der Waals surface area contributed by atoms with E-state index in [2.05, 4.69) is 0 Å². The molecular weight excluding hydrogens is 286 g/mol. The molecule has 0 aromatic heterocycles. The number of hydrogen-bond acceptors (Lipinski definition) is 2.